The lowest BCUT2D eigenvalue weighted by Crippen LogP contribution is -2.54. The molecule has 3 atom stereocenters. The molecule has 0 spiro atoms. The van der Waals surface area contributed by atoms with Gasteiger partial charge in [0.15, 0.2) is 11.0 Å². The van der Waals surface area contributed by atoms with E-state index in [1.54, 1.807) is 0 Å². The van der Waals surface area contributed by atoms with Crippen LogP contribution in [-0.2, 0) is 9.53 Å². The van der Waals surface area contributed by atoms with Crippen molar-refractivity contribution in [3.63, 3.8) is 0 Å². The van der Waals surface area contributed by atoms with Crippen LogP contribution in [0.4, 0.5) is 4.79 Å². The van der Waals surface area contributed by atoms with E-state index in [1.807, 2.05) is 74.5 Å². The lowest BCUT2D eigenvalue weighted by Gasteiger charge is -2.26. The normalized spacial score (nSPS) is 14.1. The quantitative estimate of drug-likeness (QED) is 0.0705. The van der Waals surface area contributed by atoms with Gasteiger partial charge in [-0.1, -0.05) is 80.9 Å². The molecule has 0 radical (unpaired) electrons. The molecule has 45 heavy (non-hydrogen) atoms. The van der Waals surface area contributed by atoms with Crippen molar-refractivity contribution in [2.75, 3.05) is 13.2 Å². The van der Waals surface area contributed by atoms with E-state index in [1.165, 1.54) is 11.3 Å². The topological polar surface area (TPSA) is 162 Å². The van der Waals surface area contributed by atoms with Crippen LogP contribution < -0.4 is 22.1 Å². The Hall–Kier alpha value is -4.77. The predicted molar refractivity (Wildman–Crippen MR) is 177 cm³/mol. The molecule has 234 valence electrons. The van der Waals surface area contributed by atoms with Crippen LogP contribution in [0, 0.1) is 5.92 Å². The highest BCUT2D eigenvalue weighted by molar-refractivity contribution is 7.20. The van der Waals surface area contributed by atoms with Crippen LogP contribution in [0.1, 0.15) is 60.0 Å². The van der Waals surface area contributed by atoms with Crippen molar-refractivity contribution in [1.29, 1.82) is 0 Å². The van der Waals surface area contributed by atoms with Crippen LogP contribution in [0.2, 0.25) is 0 Å². The van der Waals surface area contributed by atoms with E-state index >= 15 is 0 Å². The van der Waals surface area contributed by atoms with Crippen molar-refractivity contribution in [3.8, 4) is 11.1 Å². The molecule has 11 heteroatoms. The molecular weight excluding hydrogens is 588 g/mol. The molecule has 1 aromatic heterocycles. The van der Waals surface area contributed by atoms with Gasteiger partial charge in [-0.3, -0.25) is 14.6 Å². The van der Waals surface area contributed by atoms with E-state index in [-0.39, 0.29) is 36.6 Å². The summed E-state index contributed by atoms with van der Waals surface area (Å²) in [4.78, 5) is 49.0. The predicted octanol–water partition coefficient (Wildman–Crippen LogP) is 4.97. The maximum atomic E-state index is 13.7. The number of benzene rings is 3. The molecule has 0 aliphatic heterocycles. The van der Waals surface area contributed by atoms with Crippen LogP contribution in [0.5, 0.6) is 0 Å². The first-order valence-corrected chi connectivity index (χ1v) is 16.0. The van der Waals surface area contributed by atoms with Gasteiger partial charge in [-0.25, -0.2) is 9.78 Å². The molecule has 2 amide bonds. The third-order valence-electron chi connectivity index (χ3n) is 8.20. The number of amides is 2. The molecule has 1 aliphatic rings. The SMILES string of the molecule is CC[C@H](C)[C@H](NC(=O)OCC1c2ccccc2-c2ccccc21)C(=O)N[C@@H](CCCN=C(N)N)C(=O)c1nc2ccccc2s1. The monoisotopic (exact) mass is 626 g/mol. The Morgan fingerprint density at radius 3 is 2.24 bits per heavy atom. The highest BCUT2D eigenvalue weighted by Gasteiger charge is 2.33. The molecule has 1 aliphatic carbocycles. The molecule has 0 fully saturated rings. The standard InChI is InChI=1S/C34H38N6O4S/c1-3-20(2)29(40-34(43)44-19-25-23-13-6-4-11-21(23)22-12-5-7-14-24(22)25)31(42)38-27(16-10-18-37-33(35)36)30(41)32-39-26-15-8-9-17-28(26)45-32/h4-9,11-15,17,20,25,27,29H,3,10,16,18-19H2,1-2H3,(H,38,42)(H,40,43)(H4,35,36,37)/t20-,27-,29-/m0/s1. The number of carbonyl (C=O) groups excluding carboxylic acids is 3. The number of nitrogens with zero attached hydrogens (tertiary/aromatic N) is 2. The molecule has 0 saturated carbocycles. The molecular formula is C34H38N6O4S. The van der Waals surface area contributed by atoms with Gasteiger partial charge < -0.3 is 26.8 Å². The zero-order valence-corrected chi connectivity index (χ0v) is 26.2. The molecule has 0 saturated heterocycles. The smallest absolute Gasteiger partial charge is 0.407 e. The molecule has 1 heterocycles. The largest absolute Gasteiger partial charge is 0.449 e. The van der Waals surface area contributed by atoms with Crippen molar-refractivity contribution < 1.29 is 19.1 Å². The second-order valence-corrected chi connectivity index (χ2v) is 12.2. The second-order valence-electron chi connectivity index (χ2n) is 11.2. The third kappa shape index (κ3) is 7.31. The van der Waals surface area contributed by atoms with Crippen LogP contribution >= 0.6 is 11.3 Å². The number of Topliss-reactive ketones (excluding diaryl/α,β-unsaturated/α-hetero) is 1. The van der Waals surface area contributed by atoms with E-state index in [9.17, 15) is 14.4 Å². The van der Waals surface area contributed by atoms with Crippen molar-refractivity contribution in [3.05, 3.63) is 88.9 Å². The minimum atomic E-state index is -0.922. The number of aromatic nitrogens is 1. The number of hydrogen-bond donors (Lipinski definition) is 4. The van der Waals surface area contributed by atoms with Crippen molar-refractivity contribution in [2.45, 2.75) is 51.1 Å². The number of hydrogen-bond acceptors (Lipinski definition) is 7. The Morgan fingerprint density at radius 1 is 0.956 bits per heavy atom. The van der Waals surface area contributed by atoms with Crippen molar-refractivity contribution in [2.24, 2.45) is 22.4 Å². The summed E-state index contributed by atoms with van der Waals surface area (Å²) in [6.07, 6.45) is 0.657. The van der Waals surface area contributed by atoms with Crippen LogP contribution in [0.3, 0.4) is 0 Å². The highest BCUT2D eigenvalue weighted by atomic mass is 32.1. The van der Waals surface area contributed by atoms with Gasteiger partial charge in [0.05, 0.1) is 16.3 Å². The van der Waals surface area contributed by atoms with Gasteiger partial charge in [-0.15, -0.1) is 11.3 Å². The minimum absolute atomic E-state index is 0.0442. The summed E-state index contributed by atoms with van der Waals surface area (Å²) in [5.74, 6) is -1.17. The Balaban J connectivity index is 1.28. The van der Waals surface area contributed by atoms with E-state index in [0.717, 1.165) is 27.0 Å². The Labute approximate surface area is 266 Å². The zero-order chi connectivity index (χ0) is 31.9. The van der Waals surface area contributed by atoms with E-state index < -0.39 is 24.1 Å². The fourth-order valence-electron chi connectivity index (χ4n) is 5.63. The van der Waals surface area contributed by atoms with Crippen molar-refractivity contribution in [1.82, 2.24) is 15.6 Å². The molecule has 3 aromatic carbocycles. The van der Waals surface area contributed by atoms with Crippen LogP contribution in [-0.4, -0.2) is 54.0 Å². The Kier molecular flexibility index (Phi) is 10.1. The maximum Gasteiger partial charge on any atom is 0.407 e. The lowest BCUT2D eigenvalue weighted by molar-refractivity contribution is -0.124. The summed E-state index contributed by atoms with van der Waals surface area (Å²) in [5.41, 5.74) is 16.1. The van der Waals surface area contributed by atoms with Crippen molar-refractivity contribution >= 4 is 45.3 Å². The highest BCUT2D eigenvalue weighted by Crippen LogP contribution is 2.44. The Morgan fingerprint density at radius 2 is 1.60 bits per heavy atom. The lowest BCUT2D eigenvalue weighted by atomic mass is 9.97. The molecule has 5 rings (SSSR count). The van der Waals surface area contributed by atoms with E-state index in [0.29, 0.717) is 29.9 Å². The number of thiazole rings is 1. The van der Waals surface area contributed by atoms with Gasteiger partial charge in [0.25, 0.3) is 0 Å². The number of nitrogens with two attached hydrogens (primary N) is 2. The van der Waals surface area contributed by atoms with Crippen LogP contribution in [0.15, 0.2) is 77.8 Å². The number of alkyl carbamates (subject to hydrolysis) is 1. The van der Waals surface area contributed by atoms with Gasteiger partial charge in [0, 0.05) is 12.5 Å². The summed E-state index contributed by atoms with van der Waals surface area (Å²) >= 11 is 1.27. The maximum absolute atomic E-state index is 13.7. The number of aliphatic imine (C=N–C) groups is 1. The van der Waals surface area contributed by atoms with Gasteiger partial charge in [0.1, 0.15) is 12.6 Å². The average Bonchev–Trinajstić information content (AvgIpc) is 3.62. The second kappa shape index (κ2) is 14.3. The fourth-order valence-corrected chi connectivity index (χ4v) is 6.59. The number of fused-ring (bicyclic) bond motifs is 4. The molecule has 0 unspecified atom stereocenters. The summed E-state index contributed by atoms with van der Waals surface area (Å²) in [6.45, 7) is 4.23. The molecule has 6 N–H and O–H groups in total. The summed E-state index contributed by atoms with van der Waals surface area (Å²) in [7, 11) is 0. The summed E-state index contributed by atoms with van der Waals surface area (Å²) in [6, 6.07) is 21.9. The minimum Gasteiger partial charge on any atom is -0.449 e. The molecule has 10 nitrogen and oxygen atoms in total. The summed E-state index contributed by atoms with van der Waals surface area (Å²) in [5, 5.41) is 5.96. The van der Waals surface area contributed by atoms with Gasteiger partial charge in [-0.05, 0) is 53.1 Å². The van der Waals surface area contributed by atoms with Gasteiger partial charge in [0.2, 0.25) is 11.7 Å². The first-order chi connectivity index (χ1) is 21.8. The first kappa shape index (κ1) is 31.6. The number of ether oxygens (including phenoxy) is 1. The number of guanidine groups is 1. The molecule has 0 bridgehead atoms. The number of para-hydroxylation sites is 1. The Bertz CT molecular complexity index is 1640. The van der Waals surface area contributed by atoms with Gasteiger partial charge in [-0.2, -0.15) is 0 Å². The van der Waals surface area contributed by atoms with E-state index in [2.05, 4.69) is 32.7 Å². The number of carbonyl (C=O) groups is 3. The van der Waals surface area contributed by atoms with E-state index in [4.69, 9.17) is 16.2 Å². The van der Waals surface area contributed by atoms with Gasteiger partial charge >= 0.3 is 6.09 Å². The average molecular weight is 627 g/mol. The zero-order valence-electron chi connectivity index (χ0n) is 25.4. The van der Waals surface area contributed by atoms with Crippen LogP contribution in [0.25, 0.3) is 21.3 Å². The first-order valence-electron chi connectivity index (χ1n) is 15.1. The summed E-state index contributed by atoms with van der Waals surface area (Å²) < 4.78 is 6.60. The number of rotatable bonds is 13. The third-order valence-corrected chi connectivity index (χ3v) is 9.25. The number of nitrogens with one attached hydrogen (secondary N) is 2. The number of ketones is 1. The fraction of sp³-hybridized carbons (Fsp3) is 0.324. The molecule has 4 aromatic rings.